The molecule has 1 fully saturated rings. The maximum Gasteiger partial charge on any atom is 0.338 e. The number of thiazole rings is 1. The van der Waals surface area contributed by atoms with Gasteiger partial charge in [-0.2, -0.15) is 0 Å². The maximum absolute atomic E-state index is 14.3. The van der Waals surface area contributed by atoms with E-state index < -0.39 is 34.9 Å². The van der Waals surface area contributed by atoms with Crippen LogP contribution in [0.25, 0.3) is 0 Å². The molecule has 0 saturated carbocycles. The van der Waals surface area contributed by atoms with Crippen LogP contribution in [-0.2, 0) is 25.7 Å². The predicted octanol–water partition coefficient (Wildman–Crippen LogP) is 5.38. The van der Waals surface area contributed by atoms with Gasteiger partial charge in [0.15, 0.2) is 0 Å². The van der Waals surface area contributed by atoms with Crippen molar-refractivity contribution in [2.45, 2.75) is 43.5 Å². The first kappa shape index (κ1) is 34.0. The van der Waals surface area contributed by atoms with Gasteiger partial charge < -0.3 is 19.7 Å². The van der Waals surface area contributed by atoms with Crippen LogP contribution in [0.5, 0.6) is 5.75 Å². The number of methoxy groups -OCH3 is 1. The lowest BCUT2D eigenvalue weighted by Gasteiger charge is -2.31. The Morgan fingerprint density at radius 1 is 0.878 bits per heavy atom. The van der Waals surface area contributed by atoms with Crippen LogP contribution in [-0.4, -0.2) is 60.3 Å². The van der Waals surface area contributed by atoms with Crippen LogP contribution < -0.4 is 24.7 Å². The van der Waals surface area contributed by atoms with E-state index in [4.69, 9.17) is 9.47 Å². The highest BCUT2D eigenvalue weighted by Crippen LogP contribution is 2.54. The molecule has 3 amide bonds. The van der Waals surface area contributed by atoms with Crippen LogP contribution in [0.4, 0.5) is 17.1 Å². The molecule has 0 aliphatic carbocycles. The number of esters is 1. The molecule has 3 aromatic carbocycles. The van der Waals surface area contributed by atoms with E-state index in [1.54, 1.807) is 50.4 Å². The van der Waals surface area contributed by atoms with Gasteiger partial charge in [-0.05, 0) is 87.0 Å². The van der Waals surface area contributed by atoms with E-state index in [1.165, 1.54) is 21.6 Å². The lowest BCUT2D eigenvalue weighted by molar-refractivity contribution is -0.122. The van der Waals surface area contributed by atoms with Crippen molar-refractivity contribution in [3.8, 4) is 5.75 Å². The number of thioether (sulfide) groups is 1. The van der Waals surface area contributed by atoms with Gasteiger partial charge in [0.1, 0.15) is 17.5 Å². The summed E-state index contributed by atoms with van der Waals surface area (Å²) in [5, 5.41) is 2.48. The molecule has 1 N–H and O–H groups in total. The molecule has 11 nitrogen and oxygen atoms in total. The number of fused-ring (bicyclic) bond motifs is 2. The van der Waals surface area contributed by atoms with E-state index in [2.05, 4.69) is 24.1 Å². The van der Waals surface area contributed by atoms with E-state index in [1.807, 2.05) is 24.3 Å². The Labute approximate surface area is 291 Å². The molecule has 49 heavy (non-hydrogen) atoms. The number of benzene rings is 3. The second-order valence-electron chi connectivity index (χ2n) is 11.5. The van der Waals surface area contributed by atoms with Crippen molar-refractivity contribution in [3.63, 3.8) is 0 Å². The molecule has 3 unspecified atom stereocenters. The third-order valence-corrected chi connectivity index (χ3v) is 11.3. The molecule has 2 aliphatic heterocycles. The Balaban J connectivity index is 1.37. The first-order valence-electron chi connectivity index (χ1n) is 16.0. The van der Waals surface area contributed by atoms with Gasteiger partial charge >= 0.3 is 10.8 Å². The number of nitrogens with zero attached hydrogens (tertiary/aromatic N) is 3. The molecule has 13 heteroatoms. The zero-order valence-corrected chi connectivity index (χ0v) is 29.1. The molecule has 0 radical (unpaired) electrons. The van der Waals surface area contributed by atoms with Crippen molar-refractivity contribution in [2.75, 3.05) is 41.9 Å². The van der Waals surface area contributed by atoms with Crippen molar-refractivity contribution >= 4 is 63.9 Å². The molecular weight excluding hydrogens is 665 g/mol. The number of ether oxygens (including phenoxy) is 2. The molecule has 1 saturated heterocycles. The largest absolute Gasteiger partial charge is 0.497 e. The molecule has 6 rings (SSSR count). The smallest absolute Gasteiger partial charge is 0.338 e. The summed E-state index contributed by atoms with van der Waals surface area (Å²) < 4.78 is 11.7. The zero-order chi connectivity index (χ0) is 34.8. The van der Waals surface area contributed by atoms with Crippen molar-refractivity contribution in [1.82, 2.24) is 4.57 Å². The minimum absolute atomic E-state index is 0.222. The molecule has 3 atom stereocenters. The van der Waals surface area contributed by atoms with Gasteiger partial charge in [-0.15, -0.1) is 0 Å². The molecule has 0 spiro atoms. The van der Waals surface area contributed by atoms with Crippen LogP contribution in [0.1, 0.15) is 47.5 Å². The summed E-state index contributed by atoms with van der Waals surface area (Å²) in [4.78, 5) is 71.1. The minimum atomic E-state index is -0.845. The van der Waals surface area contributed by atoms with E-state index in [9.17, 15) is 24.0 Å². The molecular formula is C36H36N4O7S2. The minimum Gasteiger partial charge on any atom is -0.497 e. The topological polar surface area (TPSA) is 127 Å². The number of carbonyl (C=O) groups excluding carboxylic acids is 4. The fraction of sp³-hybridized carbons (Fsp3) is 0.306. The zero-order valence-electron chi connectivity index (χ0n) is 27.5. The Morgan fingerprint density at radius 3 is 2.16 bits per heavy atom. The van der Waals surface area contributed by atoms with Crippen LogP contribution >= 0.6 is 23.1 Å². The fourth-order valence-electron chi connectivity index (χ4n) is 6.33. The predicted molar refractivity (Wildman–Crippen MR) is 190 cm³/mol. The Morgan fingerprint density at radius 2 is 1.55 bits per heavy atom. The van der Waals surface area contributed by atoms with Crippen LogP contribution in [0.2, 0.25) is 0 Å². The SMILES string of the molecule is CCOC(=O)c1ccc(N2C(=O)C3Sc4c(sc(=O)n4CC(=O)Nc4ccc(OC)cc4)C(c4ccc(N(CC)CC)cc4)C3C2=O)cc1. The number of nitrogens with one attached hydrogen (secondary N) is 1. The van der Waals surface area contributed by atoms with E-state index in [0.29, 0.717) is 32.6 Å². The summed E-state index contributed by atoms with van der Waals surface area (Å²) >= 11 is 2.15. The van der Waals surface area contributed by atoms with Crippen LogP contribution in [0.3, 0.4) is 0 Å². The van der Waals surface area contributed by atoms with Crippen molar-refractivity contribution in [3.05, 3.63) is 98.5 Å². The Kier molecular flexibility index (Phi) is 9.93. The van der Waals surface area contributed by atoms with Gasteiger partial charge in [-0.3, -0.25) is 23.7 Å². The van der Waals surface area contributed by atoms with Crippen molar-refractivity contribution in [1.29, 1.82) is 0 Å². The second-order valence-corrected chi connectivity index (χ2v) is 13.6. The third kappa shape index (κ3) is 6.47. The highest BCUT2D eigenvalue weighted by atomic mass is 32.2. The number of rotatable bonds is 11. The molecule has 1 aromatic heterocycles. The van der Waals surface area contributed by atoms with Crippen molar-refractivity contribution in [2.24, 2.45) is 5.92 Å². The van der Waals surface area contributed by atoms with E-state index in [-0.39, 0.29) is 23.9 Å². The quantitative estimate of drug-likeness (QED) is 0.162. The number of carbonyl (C=O) groups is 4. The number of aromatic nitrogens is 1. The molecule has 254 valence electrons. The highest BCUT2D eigenvalue weighted by molar-refractivity contribution is 8.00. The standard InChI is InChI=1S/C36H36N4O7S2/c1-5-38(6-2)24-14-8-21(9-15-24)28-29-30(33(43)40(32(29)42)25-16-10-22(11-17-25)35(44)47-7-3)48-34-31(28)49-36(45)39(34)20-27(41)37-23-12-18-26(46-4)19-13-23/h8-19,28-30H,5-7,20H2,1-4H3,(H,37,41). The second kappa shape index (κ2) is 14.3. The lowest BCUT2D eigenvalue weighted by atomic mass is 9.83. The van der Waals surface area contributed by atoms with Crippen molar-refractivity contribution < 1.29 is 28.7 Å². The average molecular weight is 701 g/mol. The van der Waals surface area contributed by atoms with Gasteiger partial charge in [-0.25, -0.2) is 9.69 Å². The van der Waals surface area contributed by atoms with Gasteiger partial charge in [0.25, 0.3) is 0 Å². The Bertz CT molecular complexity index is 1930. The lowest BCUT2D eigenvalue weighted by Crippen LogP contribution is -2.33. The molecule has 0 bridgehead atoms. The van der Waals surface area contributed by atoms with Crippen LogP contribution in [0, 0.1) is 5.92 Å². The average Bonchev–Trinajstić information content (AvgIpc) is 3.55. The van der Waals surface area contributed by atoms with Crippen LogP contribution in [0.15, 0.2) is 82.6 Å². The monoisotopic (exact) mass is 700 g/mol. The number of anilines is 3. The van der Waals surface area contributed by atoms with E-state index >= 15 is 0 Å². The fourth-order valence-corrected chi connectivity index (χ4v) is 9.10. The Hall–Kier alpha value is -4.88. The summed E-state index contributed by atoms with van der Waals surface area (Å²) in [6, 6.07) is 20.9. The summed E-state index contributed by atoms with van der Waals surface area (Å²) in [5.41, 5.74) is 3.01. The van der Waals surface area contributed by atoms with Gasteiger partial charge in [0, 0.05) is 35.3 Å². The molecule has 3 heterocycles. The molecule has 2 aliphatic rings. The highest BCUT2D eigenvalue weighted by Gasteiger charge is 2.56. The van der Waals surface area contributed by atoms with E-state index in [0.717, 1.165) is 47.4 Å². The number of amides is 3. The summed E-state index contributed by atoms with van der Waals surface area (Å²) in [6.07, 6.45) is 0. The normalized spacial score (nSPS) is 18.1. The number of imide groups is 1. The first-order chi connectivity index (χ1) is 23.7. The molecule has 4 aromatic rings. The third-order valence-electron chi connectivity index (χ3n) is 8.74. The van der Waals surface area contributed by atoms with Gasteiger partial charge in [-0.1, -0.05) is 35.2 Å². The number of hydrogen-bond acceptors (Lipinski definition) is 10. The first-order valence-corrected chi connectivity index (χ1v) is 17.7. The van der Waals surface area contributed by atoms with Gasteiger partial charge in [0.05, 0.1) is 35.9 Å². The number of hydrogen-bond donors (Lipinski definition) is 1. The summed E-state index contributed by atoms with van der Waals surface area (Å²) in [5.74, 6) is -2.48. The summed E-state index contributed by atoms with van der Waals surface area (Å²) in [7, 11) is 1.55. The van der Waals surface area contributed by atoms with Gasteiger partial charge in [0.2, 0.25) is 17.7 Å². The summed E-state index contributed by atoms with van der Waals surface area (Å²) in [6.45, 7) is 7.47. The maximum atomic E-state index is 14.3.